The molecule has 0 unspecified atom stereocenters. The zero-order chi connectivity index (χ0) is 31.2. The smallest absolute Gasteiger partial charge is 0.422 e. The fourth-order valence-corrected chi connectivity index (χ4v) is 5.62. The molecular formula is C29H31F3N4O6S. The van der Waals surface area contributed by atoms with Gasteiger partial charge in [-0.05, 0) is 73.7 Å². The number of carbonyl (C=O) groups excluding carboxylic acids is 2. The molecule has 230 valence electrons. The van der Waals surface area contributed by atoms with Gasteiger partial charge in [-0.2, -0.15) is 18.3 Å². The fourth-order valence-electron chi connectivity index (χ4n) is 5.07. The second kappa shape index (κ2) is 11.2. The highest BCUT2D eigenvalue weighted by Gasteiger charge is 2.41. The molecule has 43 heavy (non-hydrogen) atoms. The Balaban J connectivity index is 1.51. The van der Waals surface area contributed by atoms with Gasteiger partial charge in [0.2, 0.25) is 5.91 Å². The number of hydrogen-bond donors (Lipinski definition) is 2. The maximum absolute atomic E-state index is 13.7. The third kappa shape index (κ3) is 7.12. The average Bonchev–Trinajstić information content (AvgIpc) is 3.65. The highest BCUT2D eigenvalue weighted by molar-refractivity contribution is 7.91. The van der Waals surface area contributed by atoms with E-state index in [9.17, 15) is 31.2 Å². The third-order valence-corrected chi connectivity index (χ3v) is 7.88. The molecule has 0 bridgehead atoms. The van der Waals surface area contributed by atoms with Gasteiger partial charge in [-0.15, -0.1) is 0 Å². The van der Waals surface area contributed by atoms with E-state index in [1.165, 1.54) is 16.8 Å². The summed E-state index contributed by atoms with van der Waals surface area (Å²) in [5.74, 6) is -1.46. The summed E-state index contributed by atoms with van der Waals surface area (Å²) >= 11 is 0. The van der Waals surface area contributed by atoms with Gasteiger partial charge < -0.3 is 20.1 Å². The highest BCUT2D eigenvalue weighted by Crippen LogP contribution is 2.39. The predicted molar refractivity (Wildman–Crippen MR) is 152 cm³/mol. The van der Waals surface area contributed by atoms with E-state index in [1.807, 2.05) is 6.92 Å². The second-order valence-electron chi connectivity index (χ2n) is 11.1. The number of fused-ring (bicyclic) bond motifs is 1. The van der Waals surface area contributed by atoms with Crippen LogP contribution in [0.15, 0.2) is 42.5 Å². The van der Waals surface area contributed by atoms with Crippen LogP contribution in [-0.4, -0.2) is 60.9 Å². The van der Waals surface area contributed by atoms with Crippen LogP contribution in [0, 0.1) is 0 Å². The number of anilines is 1. The molecule has 3 aromatic rings. The molecule has 1 fully saturated rings. The van der Waals surface area contributed by atoms with Gasteiger partial charge in [0, 0.05) is 11.8 Å². The zero-order valence-corrected chi connectivity index (χ0v) is 24.6. The molecule has 14 heteroatoms. The number of nitrogens with one attached hydrogen (secondary N) is 2. The van der Waals surface area contributed by atoms with E-state index in [1.54, 1.807) is 37.3 Å². The zero-order valence-electron chi connectivity index (χ0n) is 23.7. The van der Waals surface area contributed by atoms with Crippen LogP contribution in [0.4, 0.5) is 18.9 Å². The maximum Gasteiger partial charge on any atom is 0.422 e. The van der Waals surface area contributed by atoms with Gasteiger partial charge in [0.25, 0.3) is 5.91 Å². The van der Waals surface area contributed by atoms with Gasteiger partial charge in [0.05, 0.1) is 18.2 Å². The average molecular weight is 621 g/mol. The number of halogens is 3. The topological polar surface area (TPSA) is 129 Å². The molecule has 2 N–H and O–H groups in total. The summed E-state index contributed by atoms with van der Waals surface area (Å²) in [6.07, 6.45) is -0.935. The molecule has 1 aromatic heterocycles. The van der Waals surface area contributed by atoms with Crippen molar-refractivity contribution in [2.45, 2.75) is 57.5 Å². The van der Waals surface area contributed by atoms with E-state index in [0.29, 0.717) is 28.9 Å². The van der Waals surface area contributed by atoms with Gasteiger partial charge in [0.1, 0.15) is 28.6 Å². The van der Waals surface area contributed by atoms with Gasteiger partial charge >= 0.3 is 6.18 Å². The Morgan fingerprint density at radius 1 is 1.16 bits per heavy atom. The molecule has 1 saturated carbocycles. The summed E-state index contributed by atoms with van der Waals surface area (Å²) < 4.78 is 73.8. The lowest BCUT2D eigenvalue weighted by Crippen LogP contribution is -2.52. The lowest BCUT2D eigenvalue weighted by molar-refractivity contribution is -0.153. The molecule has 10 nitrogen and oxygen atoms in total. The monoisotopic (exact) mass is 620 g/mol. The molecule has 5 rings (SSSR count). The van der Waals surface area contributed by atoms with E-state index < -0.39 is 45.7 Å². The Bertz CT molecular complexity index is 1670. The van der Waals surface area contributed by atoms with E-state index >= 15 is 0 Å². The highest BCUT2D eigenvalue weighted by atomic mass is 32.2. The number of rotatable bonds is 10. The van der Waals surface area contributed by atoms with E-state index in [0.717, 1.165) is 19.1 Å². The molecule has 0 saturated heterocycles. The van der Waals surface area contributed by atoms with E-state index in [4.69, 9.17) is 9.47 Å². The quantitative estimate of drug-likeness (QED) is 0.347. The van der Waals surface area contributed by atoms with Crippen molar-refractivity contribution in [1.29, 1.82) is 0 Å². The molecule has 2 aromatic carbocycles. The molecule has 1 aliphatic carbocycles. The van der Waals surface area contributed by atoms with Crippen LogP contribution in [0.25, 0.3) is 11.3 Å². The van der Waals surface area contributed by atoms with Crippen molar-refractivity contribution < 1.29 is 40.7 Å². The summed E-state index contributed by atoms with van der Waals surface area (Å²) in [5.41, 5.74) is 1.24. The van der Waals surface area contributed by atoms with Crippen molar-refractivity contribution in [3.8, 4) is 22.8 Å². The SMILES string of the molecule is CCc1cc(OCC(F)(F)F)ccc1[C@@]1(C)Cn2nc(-c3ccc(OC4CC4)cc3)c(NC(=O)CS(C)(=O)=O)c2C(=O)N1. The molecule has 2 heterocycles. The Hall–Kier alpha value is -4.07. The Morgan fingerprint density at radius 3 is 2.44 bits per heavy atom. The van der Waals surface area contributed by atoms with Crippen LogP contribution >= 0.6 is 0 Å². The number of benzene rings is 2. The largest absolute Gasteiger partial charge is 0.490 e. The Morgan fingerprint density at radius 2 is 1.84 bits per heavy atom. The van der Waals surface area contributed by atoms with Gasteiger partial charge in [0.15, 0.2) is 22.1 Å². The van der Waals surface area contributed by atoms with Crippen molar-refractivity contribution in [2.75, 3.05) is 23.9 Å². The van der Waals surface area contributed by atoms with Crippen molar-refractivity contribution >= 4 is 27.3 Å². The third-order valence-electron chi connectivity index (χ3n) is 7.09. The summed E-state index contributed by atoms with van der Waals surface area (Å²) in [7, 11) is -3.66. The molecule has 0 radical (unpaired) electrons. The summed E-state index contributed by atoms with van der Waals surface area (Å²) in [5, 5.41) is 10.2. The van der Waals surface area contributed by atoms with Crippen molar-refractivity contribution in [2.24, 2.45) is 0 Å². The fraction of sp³-hybridized carbons (Fsp3) is 0.414. The number of hydrogen-bond acceptors (Lipinski definition) is 7. The van der Waals surface area contributed by atoms with Gasteiger partial charge in [-0.1, -0.05) is 13.0 Å². The van der Waals surface area contributed by atoms with Crippen LogP contribution in [0.5, 0.6) is 11.5 Å². The number of amides is 2. The minimum Gasteiger partial charge on any atom is -0.490 e. The maximum atomic E-state index is 13.7. The molecule has 2 aliphatic rings. The predicted octanol–water partition coefficient (Wildman–Crippen LogP) is 4.24. The lowest BCUT2D eigenvalue weighted by atomic mass is 9.85. The first-order chi connectivity index (χ1) is 20.1. The number of ether oxygens (including phenoxy) is 2. The van der Waals surface area contributed by atoms with Crippen LogP contribution in [0.3, 0.4) is 0 Å². The van der Waals surface area contributed by atoms with Crippen LogP contribution in [0.1, 0.15) is 48.3 Å². The molecule has 1 atom stereocenters. The number of carbonyl (C=O) groups is 2. The number of aromatic nitrogens is 2. The van der Waals surface area contributed by atoms with Crippen molar-refractivity contribution in [1.82, 2.24) is 15.1 Å². The van der Waals surface area contributed by atoms with E-state index in [2.05, 4.69) is 15.7 Å². The molecule has 2 amide bonds. The van der Waals surface area contributed by atoms with Crippen LogP contribution in [0.2, 0.25) is 0 Å². The van der Waals surface area contributed by atoms with Gasteiger partial charge in [-0.3, -0.25) is 14.3 Å². The molecule has 0 spiro atoms. The minimum atomic E-state index is -4.48. The first-order valence-corrected chi connectivity index (χ1v) is 15.7. The number of alkyl halides is 3. The number of sulfone groups is 1. The summed E-state index contributed by atoms with van der Waals surface area (Å²) in [4.78, 5) is 26.4. The Labute approximate surface area is 246 Å². The second-order valence-corrected chi connectivity index (χ2v) is 13.2. The van der Waals surface area contributed by atoms with E-state index in [-0.39, 0.29) is 35.5 Å². The standard InChI is InChI=1S/C29H31F3N4O6S/c1-4-17-13-21(41-16-29(30,31)32)11-12-22(17)28(2)15-36-26(27(38)34-28)25(33-23(37)14-43(3,39)40)24(35-36)18-5-7-19(8-6-18)42-20-9-10-20/h5-8,11-13,20H,4,9-10,14-16H2,1-3H3,(H,33,37)(H,34,38)/t28-/m1/s1. The number of nitrogens with zero attached hydrogens (tertiary/aromatic N) is 2. The molecular weight excluding hydrogens is 589 g/mol. The van der Waals surface area contributed by atoms with Crippen LogP contribution in [-0.2, 0) is 33.1 Å². The van der Waals surface area contributed by atoms with Crippen molar-refractivity contribution in [3.05, 3.63) is 59.3 Å². The summed E-state index contributed by atoms with van der Waals surface area (Å²) in [6.45, 7) is 2.29. The normalized spacial score (nSPS) is 18.5. The number of aryl methyl sites for hydroxylation is 1. The minimum absolute atomic E-state index is 0.0378. The van der Waals surface area contributed by atoms with Gasteiger partial charge in [-0.25, -0.2) is 8.42 Å². The first-order valence-electron chi connectivity index (χ1n) is 13.6. The van der Waals surface area contributed by atoms with Crippen LogP contribution < -0.4 is 20.1 Å². The van der Waals surface area contributed by atoms with Crippen molar-refractivity contribution in [3.63, 3.8) is 0 Å². The lowest BCUT2D eigenvalue weighted by Gasteiger charge is -2.37. The molecule has 1 aliphatic heterocycles. The Kier molecular flexibility index (Phi) is 7.92. The summed E-state index contributed by atoms with van der Waals surface area (Å²) in [6, 6.07) is 11.6. The first kappa shape index (κ1) is 30.4.